The van der Waals surface area contributed by atoms with Crippen molar-refractivity contribution in [3.8, 4) is 0 Å². The van der Waals surface area contributed by atoms with Crippen LogP contribution in [0, 0.1) is 5.92 Å². The lowest BCUT2D eigenvalue weighted by Crippen LogP contribution is -2.21. The van der Waals surface area contributed by atoms with Crippen molar-refractivity contribution >= 4 is 11.9 Å². The highest BCUT2D eigenvalue weighted by molar-refractivity contribution is 5.76. The van der Waals surface area contributed by atoms with Crippen LogP contribution in [0.15, 0.2) is 0 Å². The fourth-order valence-corrected chi connectivity index (χ4v) is 1.60. The first-order chi connectivity index (χ1) is 6.18. The molecule has 1 rings (SSSR count). The van der Waals surface area contributed by atoms with E-state index in [2.05, 4.69) is 5.32 Å². The molecule has 0 saturated carbocycles. The van der Waals surface area contributed by atoms with E-state index >= 15 is 0 Å². The standard InChI is InChI=1S/C9H15NO3/c11-8-3-1-7(5-6-10-8)2-4-9(12)13/h7H,1-6H2,(H,10,11)(H,12,13). The summed E-state index contributed by atoms with van der Waals surface area (Å²) in [6.45, 7) is 0.698. The van der Waals surface area contributed by atoms with Crippen molar-refractivity contribution < 1.29 is 14.7 Å². The predicted molar refractivity (Wildman–Crippen MR) is 47.2 cm³/mol. The van der Waals surface area contributed by atoms with Crippen LogP contribution >= 0.6 is 0 Å². The molecule has 1 aliphatic rings. The minimum atomic E-state index is -0.747. The van der Waals surface area contributed by atoms with Gasteiger partial charge in [0.25, 0.3) is 0 Å². The number of rotatable bonds is 3. The Morgan fingerprint density at radius 3 is 3.00 bits per heavy atom. The number of carbonyl (C=O) groups excluding carboxylic acids is 1. The lowest BCUT2D eigenvalue weighted by molar-refractivity contribution is -0.137. The first-order valence-corrected chi connectivity index (χ1v) is 4.67. The average Bonchev–Trinajstić information content (AvgIpc) is 2.27. The second-order valence-corrected chi connectivity index (χ2v) is 3.48. The molecule has 4 nitrogen and oxygen atoms in total. The van der Waals surface area contributed by atoms with Crippen molar-refractivity contribution in [3.63, 3.8) is 0 Å². The molecule has 4 heteroatoms. The van der Waals surface area contributed by atoms with Crippen LogP contribution < -0.4 is 5.32 Å². The molecule has 0 aromatic carbocycles. The molecular formula is C9H15NO3. The number of nitrogens with one attached hydrogen (secondary N) is 1. The molecule has 0 spiro atoms. The zero-order chi connectivity index (χ0) is 9.68. The number of carboxylic acids is 1. The maximum absolute atomic E-state index is 10.9. The van der Waals surface area contributed by atoms with Gasteiger partial charge >= 0.3 is 5.97 Å². The summed E-state index contributed by atoms with van der Waals surface area (Å²) in [7, 11) is 0. The molecule has 2 N–H and O–H groups in total. The van der Waals surface area contributed by atoms with Crippen molar-refractivity contribution in [2.24, 2.45) is 5.92 Å². The summed E-state index contributed by atoms with van der Waals surface area (Å²) in [5, 5.41) is 11.3. The average molecular weight is 185 g/mol. The molecule has 1 atom stereocenters. The van der Waals surface area contributed by atoms with Gasteiger partial charge in [0.15, 0.2) is 0 Å². The van der Waals surface area contributed by atoms with Crippen LogP contribution in [0.4, 0.5) is 0 Å². The maximum atomic E-state index is 10.9. The molecule has 74 valence electrons. The minimum Gasteiger partial charge on any atom is -0.481 e. The van der Waals surface area contributed by atoms with E-state index < -0.39 is 5.97 Å². The summed E-state index contributed by atoms with van der Waals surface area (Å²) >= 11 is 0. The van der Waals surface area contributed by atoms with Gasteiger partial charge in [-0.25, -0.2) is 0 Å². The van der Waals surface area contributed by atoms with E-state index in [1.165, 1.54) is 0 Å². The van der Waals surface area contributed by atoms with Crippen LogP contribution in [0.2, 0.25) is 0 Å². The highest BCUT2D eigenvalue weighted by Gasteiger charge is 2.16. The Kier molecular flexibility index (Phi) is 3.73. The summed E-state index contributed by atoms with van der Waals surface area (Å²) in [6.07, 6.45) is 3.21. The number of aliphatic carboxylic acids is 1. The van der Waals surface area contributed by atoms with E-state index in [0.717, 1.165) is 12.8 Å². The van der Waals surface area contributed by atoms with Gasteiger partial charge in [-0.2, -0.15) is 0 Å². The molecule has 1 aliphatic heterocycles. The molecule has 0 aromatic heterocycles. The van der Waals surface area contributed by atoms with E-state index in [1.54, 1.807) is 0 Å². The second kappa shape index (κ2) is 4.84. The normalized spacial score (nSPS) is 23.4. The van der Waals surface area contributed by atoms with Crippen LogP contribution in [0.25, 0.3) is 0 Å². The Bertz CT molecular complexity index is 203. The van der Waals surface area contributed by atoms with Gasteiger partial charge in [-0.15, -0.1) is 0 Å². The number of carboxylic acid groups (broad SMARTS) is 1. The zero-order valence-electron chi connectivity index (χ0n) is 7.58. The molecule has 1 fully saturated rings. The highest BCUT2D eigenvalue weighted by Crippen LogP contribution is 2.19. The van der Waals surface area contributed by atoms with Crippen LogP contribution in [0.3, 0.4) is 0 Å². The third-order valence-electron chi connectivity index (χ3n) is 2.42. The summed E-state index contributed by atoms with van der Waals surface area (Å²) in [5.41, 5.74) is 0. The second-order valence-electron chi connectivity index (χ2n) is 3.48. The van der Waals surface area contributed by atoms with Gasteiger partial charge in [0, 0.05) is 19.4 Å². The molecule has 13 heavy (non-hydrogen) atoms. The third kappa shape index (κ3) is 3.92. The molecule has 0 aliphatic carbocycles. The zero-order valence-corrected chi connectivity index (χ0v) is 7.58. The first-order valence-electron chi connectivity index (χ1n) is 4.67. The molecule has 0 aromatic rings. The Morgan fingerprint density at radius 2 is 2.31 bits per heavy atom. The molecule has 1 amide bonds. The van der Waals surface area contributed by atoms with E-state index in [4.69, 9.17) is 5.11 Å². The van der Waals surface area contributed by atoms with Crippen molar-refractivity contribution in [3.05, 3.63) is 0 Å². The monoisotopic (exact) mass is 185 g/mol. The van der Waals surface area contributed by atoms with Crippen LogP contribution in [-0.2, 0) is 9.59 Å². The fraction of sp³-hybridized carbons (Fsp3) is 0.778. The van der Waals surface area contributed by atoms with Gasteiger partial charge in [0.05, 0.1) is 0 Å². The Morgan fingerprint density at radius 1 is 1.54 bits per heavy atom. The number of hydrogen-bond acceptors (Lipinski definition) is 2. The third-order valence-corrected chi connectivity index (χ3v) is 2.42. The van der Waals surface area contributed by atoms with E-state index in [9.17, 15) is 9.59 Å². The highest BCUT2D eigenvalue weighted by atomic mass is 16.4. The minimum absolute atomic E-state index is 0.0952. The SMILES string of the molecule is O=C(O)CCC1CCNC(=O)CC1. The Hall–Kier alpha value is -1.06. The molecule has 1 heterocycles. The summed E-state index contributed by atoms with van der Waals surface area (Å²) in [4.78, 5) is 21.2. The van der Waals surface area contributed by atoms with Crippen molar-refractivity contribution in [1.29, 1.82) is 0 Å². The number of hydrogen-bond donors (Lipinski definition) is 2. The quantitative estimate of drug-likeness (QED) is 0.682. The smallest absolute Gasteiger partial charge is 0.303 e. The Balaban J connectivity index is 2.25. The summed E-state index contributed by atoms with van der Waals surface area (Å²) < 4.78 is 0. The summed E-state index contributed by atoms with van der Waals surface area (Å²) in [6, 6.07) is 0. The van der Waals surface area contributed by atoms with Gasteiger partial charge in [-0.3, -0.25) is 9.59 Å². The molecule has 0 bridgehead atoms. The molecule has 1 saturated heterocycles. The van der Waals surface area contributed by atoms with E-state index in [-0.39, 0.29) is 12.3 Å². The van der Waals surface area contributed by atoms with Crippen LogP contribution in [0.1, 0.15) is 32.1 Å². The van der Waals surface area contributed by atoms with Gasteiger partial charge in [-0.05, 0) is 25.2 Å². The van der Waals surface area contributed by atoms with Crippen molar-refractivity contribution in [1.82, 2.24) is 5.32 Å². The molecular weight excluding hydrogens is 170 g/mol. The maximum Gasteiger partial charge on any atom is 0.303 e. The topological polar surface area (TPSA) is 66.4 Å². The van der Waals surface area contributed by atoms with Crippen LogP contribution in [-0.4, -0.2) is 23.5 Å². The molecule has 1 unspecified atom stereocenters. The molecule has 0 radical (unpaired) electrons. The largest absolute Gasteiger partial charge is 0.481 e. The summed E-state index contributed by atoms with van der Waals surface area (Å²) in [5.74, 6) is -0.253. The first kappa shape index (κ1) is 10.0. The van der Waals surface area contributed by atoms with Crippen molar-refractivity contribution in [2.75, 3.05) is 6.54 Å². The lowest BCUT2D eigenvalue weighted by Gasteiger charge is -2.10. The number of carbonyl (C=O) groups is 2. The van der Waals surface area contributed by atoms with Crippen LogP contribution in [0.5, 0.6) is 0 Å². The van der Waals surface area contributed by atoms with Gasteiger partial charge < -0.3 is 10.4 Å². The van der Waals surface area contributed by atoms with Crippen molar-refractivity contribution in [2.45, 2.75) is 32.1 Å². The van der Waals surface area contributed by atoms with Gasteiger partial charge in [0.1, 0.15) is 0 Å². The predicted octanol–water partition coefficient (Wildman–Crippen LogP) is 0.767. The van der Waals surface area contributed by atoms with E-state index in [0.29, 0.717) is 25.3 Å². The number of amides is 1. The fourth-order valence-electron chi connectivity index (χ4n) is 1.60. The Labute approximate surface area is 77.3 Å². The van der Waals surface area contributed by atoms with E-state index in [1.807, 2.05) is 0 Å². The lowest BCUT2D eigenvalue weighted by atomic mass is 9.95. The van der Waals surface area contributed by atoms with Gasteiger partial charge in [-0.1, -0.05) is 0 Å². The van der Waals surface area contributed by atoms with Gasteiger partial charge in [0.2, 0.25) is 5.91 Å².